The molecule has 1 aliphatic rings. The lowest BCUT2D eigenvalue weighted by molar-refractivity contribution is -0.137. The summed E-state index contributed by atoms with van der Waals surface area (Å²) < 4.78 is 0. The van der Waals surface area contributed by atoms with Crippen molar-refractivity contribution in [1.82, 2.24) is 10.2 Å². The lowest BCUT2D eigenvalue weighted by Gasteiger charge is -2.22. The molecule has 0 aromatic rings. The Hall–Kier alpha value is -1.59. The molecule has 0 spiro atoms. The highest BCUT2D eigenvalue weighted by Gasteiger charge is 2.32. The first-order chi connectivity index (χ1) is 7.02. The maximum Gasteiger partial charge on any atom is 0.242 e. The number of rotatable bonds is 3. The summed E-state index contributed by atoms with van der Waals surface area (Å²) in [6, 6.07) is -0.508. The van der Waals surface area contributed by atoms with Crippen molar-refractivity contribution in [3.8, 4) is 0 Å². The van der Waals surface area contributed by atoms with E-state index in [1.165, 1.54) is 11.8 Å². The van der Waals surface area contributed by atoms with E-state index in [0.29, 0.717) is 13.0 Å². The van der Waals surface area contributed by atoms with Crippen LogP contribution in [0.1, 0.15) is 19.8 Å². The van der Waals surface area contributed by atoms with Crippen LogP contribution in [0.25, 0.3) is 0 Å². The molecular weight excluding hydrogens is 198 g/mol. The van der Waals surface area contributed by atoms with E-state index in [1.54, 1.807) is 0 Å². The Labute approximate surface area is 87.8 Å². The van der Waals surface area contributed by atoms with Gasteiger partial charge in [0, 0.05) is 13.5 Å². The average molecular weight is 213 g/mol. The number of nitrogens with two attached hydrogens (primary N) is 1. The topological polar surface area (TPSA) is 92.5 Å². The van der Waals surface area contributed by atoms with Crippen LogP contribution in [0.15, 0.2) is 0 Å². The fourth-order valence-electron chi connectivity index (χ4n) is 1.66. The van der Waals surface area contributed by atoms with E-state index >= 15 is 0 Å². The first-order valence-electron chi connectivity index (χ1n) is 4.85. The summed E-state index contributed by atoms with van der Waals surface area (Å²) in [4.78, 5) is 34.6. The fraction of sp³-hybridized carbons (Fsp3) is 0.667. The van der Waals surface area contributed by atoms with E-state index in [0.717, 1.165) is 6.42 Å². The van der Waals surface area contributed by atoms with Crippen molar-refractivity contribution in [1.29, 1.82) is 0 Å². The minimum absolute atomic E-state index is 0.0703. The highest BCUT2D eigenvalue weighted by molar-refractivity contribution is 5.89. The molecule has 0 aromatic carbocycles. The average Bonchev–Trinajstić information content (AvgIpc) is 2.62. The summed E-state index contributed by atoms with van der Waals surface area (Å²) in [5.41, 5.74) is 5.16. The summed E-state index contributed by atoms with van der Waals surface area (Å²) in [5, 5.41) is 2.40. The van der Waals surface area contributed by atoms with E-state index < -0.39 is 11.9 Å². The number of nitrogens with zero attached hydrogens (tertiary/aromatic N) is 1. The first-order valence-corrected chi connectivity index (χ1v) is 4.85. The van der Waals surface area contributed by atoms with Crippen molar-refractivity contribution in [3.05, 3.63) is 0 Å². The van der Waals surface area contributed by atoms with Crippen LogP contribution >= 0.6 is 0 Å². The SMILES string of the molecule is CC(=O)NCC(=O)N1CCC[C@H]1C(N)=O. The van der Waals surface area contributed by atoms with E-state index in [2.05, 4.69) is 5.32 Å². The molecule has 1 atom stereocenters. The van der Waals surface area contributed by atoms with Crippen LogP contribution in [0.5, 0.6) is 0 Å². The third kappa shape index (κ3) is 2.93. The summed E-state index contributed by atoms with van der Waals surface area (Å²) in [5.74, 6) is -1.01. The second kappa shape index (κ2) is 4.77. The predicted molar refractivity (Wildman–Crippen MR) is 52.6 cm³/mol. The highest BCUT2D eigenvalue weighted by Crippen LogP contribution is 2.16. The van der Waals surface area contributed by atoms with Crippen LogP contribution in [-0.2, 0) is 14.4 Å². The minimum Gasteiger partial charge on any atom is -0.368 e. The minimum atomic E-state index is -0.508. The van der Waals surface area contributed by atoms with Gasteiger partial charge in [-0.25, -0.2) is 0 Å². The molecule has 6 nitrogen and oxygen atoms in total. The molecule has 3 N–H and O–H groups in total. The molecule has 1 heterocycles. The quantitative estimate of drug-likeness (QED) is 0.603. The van der Waals surface area contributed by atoms with Crippen LogP contribution in [0, 0.1) is 0 Å². The second-order valence-corrected chi connectivity index (χ2v) is 3.56. The molecule has 1 aliphatic heterocycles. The molecular formula is C9H15N3O3. The Balaban J connectivity index is 2.51. The molecule has 0 aromatic heterocycles. The Morgan fingerprint density at radius 3 is 2.67 bits per heavy atom. The maximum absolute atomic E-state index is 11.6. The van der Waals surface area contributed by atoms with Crippen molar-refractivity contribution in [2.75, 3.05) is 13.1 Å². The van der Waals surface area contributed by atoms with Gasteiger partial charge in [-0.2, -0.15) is 0 Å². The lowest BCUT2D eigenvalue weighted by Crippen LogP contribution is -2.47. The zero-order chi connectivity index (χ0) is 11.4. The van der Waals surface area contributed by atoms with Crippen LogP contribution in [-0.4, -0.2) is 41.8 Å². The molecule has 6 heteroatoms. The molecule has 1 fully saturated rings. The second-order valence-electron chi connectivity index (χ2n) is 3.56. The number of carbonyl (C=O) groups is 3. The Kier molecular flexibility index (Phi) is 3.65. The maximum atomic E-state index is 11.6. The molecule has 0 unspecified atom stereocenters. The van der Waals surface area contributed by atoms with Crippen molar-refractivity contribution >= 4 is 17.7 Å². The van der Waals surface area contributed by atoms with Gasteiger partial charge in [-0.3, -0.25) is 14.4 Å². The standard InChI is InChI=1S/C9H15N3O3/c1-6(13)11-5-8(14)12-4-2-3-7(12)9(10)15/h7H,2-5H2,1H3,(H2,10,15)(H,11,13)/t7-/m0/s1. The molecule has 1 saturated heterocycles. The van der Waals surface area contributed by atoms with Gasteiger partial charge < -0.3 is 16.0 Å². The van der Waals surface area contributed by atoms with Crippen molar-refractivity contribution in [2.45, 2.75) is 25.8 Å². The lowest BCUT2D eigenvalue weighted by atomic mass is 10.2. The van der Waals surface area contributed by atoms with Crippen molar-refractivity contribution in [2.24, 2.45) is 5.73 Å². The van der Waals surface area contributed by atoms with Crippen molar-refractivity contribution < 1.29 is 14.4 Å². The first kappa shape index (κ1) is 11.5. The van der Waals surface area contributed by atoms with Gasteiger partial charge in [0.1, 0.15) is 6.04 Å². The Morgan fingerprint density at radius 2 is 2.13 bits per heavy atom. The number of carbonyl (C=O) groups excluding carboxylic acids is 3. The fourth-order valence-corrected chi connectivity index (χ4v) is 1.66. The highest BCUT2D eigenvalue weighted by atomic mass is 16.2. The number of hydrogen-bond acceptors (Lipinski definition) is 3. The third-order valence-corrected chi connectivity index (χ3v) is 2.39. The Bertz CT molecular complexity index is 290. The molecule has 1 rings (SSSR count). The summed E-state index contributed by atoms with van der Waals surface area (Å²) >= 11 is 0. The number of amides is 3. The van der Waals surface area contributed by atoms with Crippen LogP contribution in [0.4, 0.5) is 0 Å². The van der Waals surface area contributed by atoms with Gasteiger partial charge >= 0.3 is 0 Å². The zero-order valence-electron chi connectivity index (χ0n) is 8.66. The van der Waals surface area contributed by atoms with Gasteiger partial charge in [0.2, 0.25) is 17.7 Å². The molecule has 84 valence electrons. The monoisotopic (exact) mass is 213 g/mol. The molecule has 0 radical (unpaired) electrons. The Morgan fingerprint density at radius 1 is 1.47 bits per heavy atom. The van der Waals surface area contributed by atoms with Gasteiger partial charge in [0.15, 0.2) is 0 Å². The smallest absolute Gasteiger partial charge is 0.242 e. The van der Waals surface area contributed by atoms with Gasteiger partial charge in [-0.1, -0.05) is 0 Å². The molecule has 0 saturated carbocycles. The third-order valence-electron chi connectivity index (χ3n) is 2.39. The number of nitrogens with one attached hydrogen (secondary N) is 1. The van der Waals surface area contributed by atoms with Crippen LogP contribution in [0.3, 0.4) is 0 Å². The molecule has 3 amide bonds. The number of hydrogen-bond donors (Lipinski definition) is 2. The normalized spacial score (nSPS) is 20.1. The van der Waals surface area contributed by atoms with Crippen LogP contribution < -0.4 is 11.1 Å². The van der Waals surface area contributed by atoms with Gasteiger partial charge in [0.05, 0.1) is 6.54 Å². The van der Waals surface area contributed by atoms with Gasteiger partial charge in [0.25, 0.3) is 0 Å². The largest absolute Gasteiger partial charge is 0.368 e. The summed E-state index contributed by atoms with van der Waals surface area (Å²) in [6.45, 7) is 1.80. The van der Waals surface area contributed by atoms with Gasteiger partial charge in [-0.05, 0) is 12.8 Å². The van der Waals surface area contributed by atoms with E-state index in [1.807, 2.05) is 0 Å². The number of primary amides is 1. The molecule has 15 heavy (non-hydrogen) atoms. The summed E-state index contributed by atoms with van der Waals surface area (Å²) in [6.07, 6.45) is 1.39. The van der Waals surface area contributed by atoms with Crippen molar-refractivity contribution in [3.63, 3.8) is 0 Å². The van der Waals surface area contributed by atoms with E-state index in [-0.39, 0.29) is 18.4 Å². The number of likely N-dealkylation sites (tertiary alicyclic amines) is 1. The summed E-state index contributed by atoms with van der Waals surface area (Å²) in [7, 11) is 0. The zero-order valence-corrected chi connectivity index (χ0v) is 8.66. The molecule has 0 aliphatic carbocycles. The van der Waals surface area contributed by atoms with E-state index in [9.17, 15) is 14.4 Å². The predicted octanol–water partition coefficient (Wildman–Crippen LogP) is -1.40. The molecule has 0 bridgehead atoms. The van der Waals surface area contributed by atoms with Gasteiger partial charge in [-0.15, -0.1) is 0 Å². The van der Waals surface area contributed by atoms with Crippen LogP contribution in [0.2, 0.25) is 0 Å². The van der Waals surface area contributed by atoms with E-state index in [4.69, 9.17) is 5.73 Å².